The van der Waals surface area contributed by atoms with E-state index in [2.05, 4.69) is 178 Å². The van der Waals surface area contributed by atoms with E-state index in [4.69, 9.17) is 4.42 Å². The van der Waals surface area contributed by atoms with Crippen LogP contribution in [0.2, 0.25) is 0 Å². The number of hydrogen-bond acceptors (Lipinski definition) is 2. The number of benzene rings is 6. The molecule has 50 heavy (non-hydrogen) atoms. The lowest BCUT2D eigenvalue weighted by Gasteiger charge is -2.61. The summed E-state index contributed by atoms with van der Waals surface area (Å²) >= 11 is 0. The topological polar surface area (TPSA) is 16.4 Å². The van der Waals surface area contributed by atoms with Crippen molar-refractivity contribution in [3.05, 3.63) is 173 Å². The van der Waals surface area contributed by atoms with Crippen LogP contribution < -0.4 is 4.90 Å². The Balaban J connectivity index is 1.30. The standard InChI is InChI=1S/C48H37NO/c1-29-25-26-46(2)37-18-10-11-19-39(37)49(32-22-21-30-13-5-6-14-31(30)27-32)47(3)28-38-34-23-24-41-43(35-16-8-12-20-40(35)50-41)42(34)33-15-7-9-17-36(33)48(38,4)44(29)45(46)47/h5-29H,1-4H3. The van der Waals surface area contributed by atoms with Crippen LogP contribution in [0.25, 0.3) is 49.4 Å². The minimum Gasteiger partial charge on any atom is -0.456 e. The van der Waals surface area contributed by atoms with Crippen molar-refractivity contribution in [1.29, 1.82) is 0 Å². The van der Waals surface area contributed by atoms with Gasteiger partial charge in [0.05, 0.1) is 5.54 Å². The van der Waals surface area contributed by atoms with Crippen molar-refractivity contribution >= 4 is 49.7 Å². The van der Waals surface area contributed by atoms with Crippen LogP contribution in [0.1, 0.15) is 44.4 Å². The highest BCUT2D eigenvalue weighted by atomic mass is 16.3. The fourth-order valence-corrected chi connectivity index (χ4v) is 10.7. The van der Waals surface area contributed by atoms with Gasteiger partial charge in [0.25, 0.3) is 0 Å². The molecule has 240 valence electrons. The Hall–Kier alpha value is -5.60. The maximum absolute atomic E-state index is 6.50. The molecule has 1 aromatic heterocycles. The first-order valence-electron chi connectivity index (χ1n) is 17.9. The number of nitrogens with zero attached hydrogens (tertiary/aromatic N) is 1. The lowest BCUT2D eigenvalue weighted by molar-refractivity contribution is 0.447. The van der Waals surface area contributed by atoms with Gasteiger partial charge in [0, 0.05) is 38.5 Å². The fourth-order valence-electron chi connectivity index (χ4n) is 10.7. The molecule has 2 heteroatoms. The molecule has 7 aromatic rings. The quantitative estimate of drug-likeness (QED) is 0.166. The van der Waals surface area contributed by atoms with Crippen LogP contribution in [0.4, 0.5) is 11.4 Å². The zero-order chi connectivity index (χ0) is 33.6. The maximum atomic E-state index is 6.50. The van der Waals surface area contributed by atoms with E-state index in [9.17, 15) is 0 Å². The Morgan fingerprint density at radius 2 is 1.40 bits per heavy atom. The highest BCUT2D eigenvalue weighted by Crippen LogP contribution is 2.67. The minimum absolute atomic E-state index is 0.253. The zero-order valence-electron chi connectivity index (χ0n) is 28.8. The molecule has 2 heterocycles. The third-order valence-corrected chi connectivity index (χ3v) is 12.7. The second-order valence-electron chi connectivity index (χ2n) is 15.4. The van der Waals surface area contributed by atoms with Gasteiger partial charge in [0.1, 0.15) is 11.2 Å². The fraction of sp³-hybridized carbons (Fsp3) is 0.167. The first-order valence-corrected chi connectivity index (χ1v) is 17.9. The average molecular weight is 644 g/mol. The van der Waals surface area contributed by atoms with Gasteiger partial charge in [0.15, 0.2) is 0 Å². The van der Waals surface area contributed by atoms with Gasteiger partial charge in [-0.15, -0.1) is 0 Å². The van der Waals surface area contributed by atoms with Gasteiger partial charge in [0.2, 0.25) is 0 Å². The van der Waals surface area contributed by atoms with E-state index < -0.39 is 5.54 Å². The molecule has 6 aromatic carbocycles. The van der Waals surface area contributed by atoms with Crippen molar-refractivity contribution in [3.63, 3.8) is 0 Å². The molecule has 0 spiro atoms. The molecule has 0 N–H and O–H groups in total. The third kappa shape index (κ3) is 3.26. The SMILES string of the molecule is CC1C=CC2(C)C3=C1C1(C)C(=CC3(C)N(c3ccc4ccccc4c3)c3ccccc32)c2ccc3oc4ccccc4c3c2-c2ccccc21. The van der Waals surface area contributed by atoms with Gasteiger partial charge in [-0.2, -0.15) is 0 Å². The molecule has 0 amide bonds. The first-order chi connectivity index (χ1) is 24.3. The molecular formula is C48H37NO. The summed E-state index contributed by atoms with van der Waals surface area (Å²) in [6, 6.07) is 47.1. The second kappa shape index (κ2) is 9.34. The lowest BCUT2D eigenvalue weighted by Crippen LogP contribution is -2.59. The Kier molecular flexibility index (Phi) is 5.28. The Morgan fingerprint density at radius 3 is 2.28 bits per heavy atom. The molecule has 2 nitrogen and oxygen atoms in total. The van der Waals surface area contributed by atoms with Crippen molar-refractivity contribution in [3.8, 4) is 11.1 Å². The predicted molar refractivity (Wildman–Crippen MR) is 208 cm³/mol. The van der Waals surface area contributed by atoms with Gasteiger partial charge in [-0.05, 0) is 113 Å². The first kappa shape index (κ1) is 28.3. The molecule has 1 aliphatic heterocycles. The summed E-state index contributed by atoms with van der Waals surface area (Å²) in [6.45, 7) is 9.87. The number of allylic oxidation sites excluding steroid dienone is 4. The van der Waals surface area contributed by atoms with Crippen molar-refractivity contribution < 1.29 is 4.42 Å². The Morgan fingerprint density at radius 1 is 0.660 bits per heavy atom. The third-order valence-electron chi connectivity index (χ3n) is 12.7. The number of anilines is 2. The van der Waals surface area contributed by atoms with Gasteiger partial charge in [-0.25, -0.2) is 0 Å². The van der Waals surface area contributed by atoms with Crippen LogP contribution >= 0.6 is 0 Å². The molecule has 4 atom stereocenters. The van der Waals surface area contributed by atoms with Crippen molar-refractivity contribution in [2.24, 2.45) is 5.92 Å². The van der Waals surface area contributed by atoms with Crippen LogP contribution in [-0.4, -0.2) is 5.54 Å². The maximum Gasteiger partial charge on any atom is 0.136 e. The van der Waals surface area contributed by atoms with Crippen molar-refractivity contribution in [2.45, 2.75) is 44.1 Å². The van der Waals surface area contributed by atoms with E-state index in [1.807, 2.05) is 0 Å². The summed E-state index contributed by atoms with van der Waals surface area (Å²) in [6.07, 6.45) is 7.65. The molecule has 0 fully saturated rings. The average Bonchev–Trinajstić information content (AvgIpc) is 3.52. The largest absolute Gasteiger partial charge is 0.456 e. The molecule has 4 aliphatic rings. The molecule has 0 saturated carbocycles. The number of fused-ring (bicyclic) bond motifs is 14. The highest BCUT2D eigenvalue weighted by Gasteiger charge is 2.60. The van der Waals surface area contributed by atoms with Gasteiger partial charge in [-0.1, -0.05) is 116 Å². The van der Waals surface area contributed by atoms with Gasteiger partial charge in [-0.3, -0.25) is 0 Å². The Bertz CT molecular complexity index is 2740. The minimum atomic E-state index is -0.453. The summed E-state index contributed by atoms with van der Waals surface area (Å²) in [5, 5.41) is 4.89. The number of para-hydroxylation sites is 2. The van der Waals surface area contributed by atoms with Crippen molar-refractivity contribution in [1.82, 2.24) is 0 Å². The number of furan rings is 1. The molecule has 11 rings (SSSR count). The molecule has 0 bridgehead atoms. The van der Waals surface area contributed by atoms with E-state index in [0.717, 1.165) is 11.2 Å². The summed E-state index contributed by atoms with van der Waals surface area (Å²) in [4.78, 5) is 2.65. The number of hydrogen-bond donors (Lipinski definition) is 0. The van der Waals surface area contributed by atoms with Crippen molar-refractivity contribution in [2.75, 3.05) is 4.90 Å². The van der Waals surface area contributed by atoms with Gasteiger partial charge >= 0.3 is 0 Å². The molecule has 3 aliphatic carbocycles. The van der Waals surface area contributed by atoms with Crippen LogP contribution in [0.5, 0.6) is 0 Å². The van der Waals surface area contributed by atoms with E-state index in [0.29, 0.717) is 0 Å². The van der Waals surface area contributed by atoms with E-state index in [-0.39, 0.29) is 16.7 Å². The zero-order valence-corrected chi connectivity index (χ0v) is 28.8. The summed E-state index contributed by atoms with van der Waals surface area (Å²) < 4.78 is 6.50. The van der Waals surface area contributed by atoms with Crippen LogP contribution in [0.15, 0.2) is 161 Å². The molecule has 4 unspecified atom stereocenters. The van der Waals surface area contributed by atoms with E-state index >= 15 is 0 Å². The second-order valence-corrected chi connectivity index (χ2v) is 15.4. The smallest absolute Gasteiger partial charge is 0.136 e. The van der Waals surface area contributed by atoms with Crippen LogP contribution in [-0.2, 0) is 10.8 Å². The number of rotatable bonds is 1. The monoisotopic (exact) mass is 643 g/mol. The van der Waals surface area contributed by atoms with Crippen LogP contribution in [0.3, 0.4) is 0 Å². The van der Waals surface area contributed by atoms with E-state index in [1.54, 1.807) is 0 Å². The highest BCUT2D eigenvalue weighted by molar-refractivity contribution is 6.17. The van der Waals surface area contributed by atoms with E-state index in [1.165, 1.54) is 77.5 Å². The molecule has 0 radical (unpaired) electrons. The van der Waals surface area contributed by atoms with Crippen LogP contribution in [0, 0.1) is 5.92 Å². The molecular weight excluding hydrogens is 607 g/mol. The van der Waals surface area contributed by atoms with Gasteiger partial charge < -0.3 is 9.32 Å². The summed E-state index contributed by atoms with van der Waals surface area (Å²) in [5.74, 6) is 0.253. The Labute approximate surface area is 292 Å². The summed E-state index contributed by atoms with van der Waals surface area (Å²) in [5.41, 5.74) is 14.3. The molecule has 0 saturated heterocycles. The summed E-state index contributed by atoms with van der Waals surface area (Å²) in [7, 11) is 0. The normalized spacial score (nSPS) is 26.0. The lowest BCUT2D eigenvalue weighted by atomic mass is 9.48. The predicted octanol–water partition coefficient (Wildman–Crippen LogP) is 12.4.